The second-order valence-corrected chi connectivity index (χ2v) is 4.36. The number of rotatable bonds is 5. The highest BCUT2D eigenvalue weighted by molar-refractivity contribution is 5.97. The first-order valence-corrected chi connectivity index (χ1v) is 5.68. The lowest BCUT2D eigenvalue weighted by Gasteiger charge is -2.21. The van der Waals surface area contributed by atoms with Gasteiger partial charge in [0.15, 0.2) is 0 Å². The maximum Gasteiger partial charge on any atom is 0.244 e. The van der Waals surface area contributed by atoms with E-state index in [1.165, 1.54) is 0 Å². The van der Waals surface area contributed by atoms with E-state index in [4.69, 9.17) is 10.5 Å². The number of anilines is 1. The Labute approximate surface area is 102 Å². The summed E-state index contributed by atoms with van der Waals surface area (Å²) in [6, 6.07) is 7.52. The van der Waals surface area contributed by atoms with Crippen molar-refractivity contribution >= 4 is 11.6 Å². The van der Waals surface area contributed by atoms with E-state index in [-0.39, 0.29) is 5.91 Å². The number of amides is 1. The molecule has 1 aromatic carbocycles. The Bertz CT molecular complexity index is 372. The van der Waals surface area contributed by atoms with Crippen molar-refractivity contribution in [2.75, 3.05) is 12.4 Å². The van der Waals surface area contributed by atoms with Crippen LogP contribution in [0.5, 0.6) is 0 Å². The topological polar surface area (TPSA) is 64.4 Å². The lowest BCUT2D eigenvalue weighted by Crippen LogP contribution is -2.47. The standard InChI is InChI=1S/C13H20N2O2/c1-4-13(2,14)12(16)15-11-7-5-10(6-8-11)9-17-3/h5-8H,4,9,14H2,1-3H3,(H,15,16). The average molecular weight is 236 g/mol. The molecular formula is C13H20N2O2. The molecule has 4 nitrogen and oxygen atoms in total. The summed E-state index contributed by atoms with van der Waals surface area (Å²) in [6.45, 7) is 4.18. The number of hydrogen-bond donors (Lipinski definition) is 2. The molecule has 3 N–H and O–H groups in total. The number of carbonyl (C=O) groups excluding carboxylic acids is 1. The van der Waals surface area contributed by atoms with Crippen LogP contribution in [0, 0.1) is 0 Å². The predicted molar refractivity (Wildman–Crippen MR) is 68.7 cm³/mol. The molecule has 17 heavy (non-hydrogen) atoms. The van der Waals surface area contributed by atoms with Crippen molar-refractivity contribution < 1.29 is 9.53 Å². The van der Waals surface area contributed by atoms with Gasteiger partial charge in [-0.15, -0.1) is 0 Å². The molecule has 1 aromatic rings. The number of nitrogens with two attached hydrogens (primary N) is 1. The smallest absolute Gasteiger partial charge is 0.244 e. The number of ether oxygens (including phenoxy) is 1. The van der Waals surface area contributed by atoms with E-state index in [2.05, 4.69) is 5.32 Å². The number of carbonyl (C=O) groups is 1. The molecule has 0 aliphatic rings. The number of hydrogen-bond acceptors (Lipinski definition) is 3. The van der Waals surface area contributed by atoms with E-state index in [1.807, 2.05) is 31.2 Å². The van der Waals surface area contributed by atoms with Gasteiger partial charge < -0.3 is 15.8 Å². The Balaban J connectivity index is 2.66. The third kappa shape index (κ3) is 3.84. The minimum absolute atomic E-state index is 0.167. The van der Waals surface area contributed by atoms with Gasteiger partial charge in [-0.2, -0.15) is 0 Å². The molecule has 0 fully saturated rings. The highest BCUT2D eigenvalue weighted by Crippen LogP contribution is 2.13. The van der Waals surface area contributed by atoms with Crippen molar-refractivity contribution in [3.8, 4) is 0 Å². The van der Waals surface area contributed by atoms with Crippen LogP contribution in [0.15, 0.2) is 24.3 Å². The molecular weight excluding hydrogens is 216 g/mol. The van der Waals surface area contributed by atoms with Crippen molar-refractivity contribution in [1.82, 2.24) is 0 Å². The van der Waals surface area contributed by atoms with Crippen LogP contribution >= 0.6 is 0 Å². The summed E-state index contributed by atoms with van der Waals surface area (Å²) in [5.41, 5.74) is 6.84. The third-order valence-corrected chi connectivity index (χ3v) is 2.78. The molecule has 0 heterocycles. The SMILES string of the molecule is CCC(C)(N)C(=O)Nc1ccc(COC)cc1. The van der Waals surface area contributed by atoms with Crippen molar-refractivity contribution in [1.29, 1.82) is 0 Å². The average Bonchev–Trinajstić information content (AvgIpc) is 2.32. The van der Waals surface area contributed by atoms with Crippen LogP contribution in [0.2, 0.25) is 0 Å². The highest BCUT2D eigenvalue weighted by atomic mass is 16.5. The Kier molecular flexibility index (Phi) is 4.66. The summed E-state index contributed by atoms with van der Waals surface area (Å²) in [5.74, 6) is -0.167. The minimum Gasteiger partial charge on any atom is -0.380 e. The fraction of sp³-hybridized carbons (Fsp3) is 0.462. The van der Waals surface area contributed by atoms with Gasteiger partial charge in [0.25, 0.3) is 0 Å². The Hall–Kier alpha value is -1.39. The van der Waals surface area contributed by atoms with Crippen LogP contribution in [0.4, 0.5) is 5.69 Å². The van der Waals surface area contributed by atoms with Gasteiger partial charge >= 0.3 is 0 Å². The summed E-state index contributed by atoms with van der Waals surface area (Å²) < 4.78 is 5.01. The van der Waals surface area contributed by atoms with Crippen LogP contribution in [-0.2, 0) is 16.1 Å². The Morgan fingerprint density at radius 1 is 1.41 bits per heavy atom. The molecule has 0 aliphatic heterocycles. The first-order chi connectivity index (χ1) is 7.99. The zero-order chi connectivity index (χ0) is 12.9. The van der Waals surface area contributed by atoms with Crippen LogP contribution in [-0.4, -0.2) is 18.6 Å². The summed E-state index contributed by atoms with van der Waals surface area (Å²) in [5, 5.41) is 2.80. The van der Waals surface area contributed by atoms with Crippen LogP contribution in [0.3, 0.4) is 0 Å². The summed E-state index contributed by atoms with van der Waals surface area (Å²) in [4.78, 5) is 11.8. The highest BCUT2D eigenvalue weighted by Gasteiger charge is 2.25. The largest absolute Gasteiger partial charge is 0.380 e. The van der Waals surface area contributed by atoms with Crippen LogP contribution in [0.1, 0.15) is 25.8 Å². The van der Waals surface area contributed by atoms with Crippen molar-refractivity contribution in [2.24, 2.45) is 5.73 Å². The zero-order valence-corrected chi connectivity index (χ0v) is 10.6. The second kappa shape index (κ2) is 5.80. The fourth-order valence-corrected chi connectivity index (χ4v) is 1.29. The molecule has 0 aromatic heterocycles. The molecule has 1 atom stereocenters. The van der Waals surface area contributed by atoms with E-state index in [0.29, 0.717) is 13.0 Å². The third-order valence-electron chi connectivity index (χ3n) is 2.78. The molecule has 1 rings (SSSR count). The summed E-state index contributed by atoms with van der Waals surface area (Å²) >= 11 is 0. The predicted octanol–water partition coefficient (Wildman–Crippen LogP) is 1.90. The van der Waals surface area contributed by atoms with E-state index >= 15 is 0 Å². The lowest BCUT2D eigenvalue weighted by molar-refractivity contribution is -0.120. The van der Waals surface area contributed by atoms with Gasteiger partial charge in [-0.05, 0) is 31.0 Å². The fourth-order valence-electron chi connectivity index (χ4n) is 1.29. The molecule has 4 heteroatoms. The molecule has 0 bridgehead atoms. The van der Waals surface area contributed by atoms with Gasteiger partial charge in [-0.3, -0.25) is 4.79 Å². The quantitative estimate of drug-likeness (QED) is 0.820. The van der Waals surface area contributed by atoms with Gasteiger partial charge in [-0.1, -0.05) is 19.1 Å². The maximum absolute atomic E-state index is 11.8. The van der Waals surface area contributed by atoms with Gasteiger partial charge in [0, 0.05) is 12.8 Å². The van der Waals surface area contributed by atoms with Crippen molar-refractivity contribution in [3.63, 3.8) is 0 Å². The first-order valence-electron chi connectivity index (χ1n) is 5.68. The summed E-state index contributed by atoms with van der Waals surface area (Å²) in [7, 11) is 1.65. The monoisotopic (exact) mass is 236 g/mol. The van der Waals surface area contributed by atoms with Gasteiger partial charge in [0.1, 0.15) is 0 Å². The first kappa shape index (κ1) is 13.7. The maximum atomic E-state index is 11.8. The molecule has 0 radical (unpaired) electrons. The Morgan fingerprint density at radius 3 is 2.47 bits per heavy atom. The lowest BCUT2D eigenvalue weighted by atomic mass is 9.99. The normalized spacial score (nSPS) is 14.1. The van der Waals surface area contributed by atoms with E-state index in [0.717, 1.165) is 11.3 Å². The van der Waals surface area contributed by atoms with Gasteiger partial charge in [0.05, 0.1) is 12.1 Å². The van der Waals surface area contributed by atoms with Gasteiger partial charge in [0.2, 0.25) is 5.91 Å². The molecule has 1 unspecified atom stereocenters. The molecule has 94 valence electrons. The molecule has 1 amide bonds. The summed E-state index contributed by atoms with van der Waals surface area (Å²) in [6.07, 6.45) is 0.598. The van der Waals surface area contributed by atoms with Crippen molar-refractivity contribution in [2.45, 2.75) is 32.4 Å². The van der Waals surface area contributed by atoms with Crippen molar-refractivity contribution in [3.05, 3.63) is 29.8 Å². The van der Waals surface area contributed by atoms with E-state index in [1.54, 1.807) is 14.0 Å². The minimum atomic E-state index is -0.828. The van der Waals surface area contributed by atoms with Crippen LogP contribution < -0.4 is 11.1 Å². The zero-order valence-electron chi connectivity index (χ0n) is 10.6. The number of nitrogens with one attached hydrogen (secondary N) is 1. The number of methoxy groups -OCH3 is 1. The molecule has 0 aliphatic carbocycles. The van der Waals surface area contributed by atoms with Crippen LogP contribution in [0.25, 0.3) is 0 Å². The number of benzene rings is 1. The second-order valence-electron chi connectivity index (χ2n) is 4.36. The molecule has 0 spiro atoms. The van der Waals surface area contributed by atoms with Gasteiger partial charge in [-0.25, -0.2) is 0 Å². The van der Waals surface area contributed by atoms with E-state index in [9.17, 15) is 4.79 Å². The molecule has 0 saturated carbocycles. The molecule has 0 saturated heterocycles. The van der Waals surface area contributed by atoms with E-state index < -0.39 is 5.54 Å². The Morgan fingerprint density at radius 2 is 2.00 bits per heavy atom.